The molecule has 2 heteroatoms. The first-order chi connectivity index (χ1) is 7.61. The number of benzene rings is 1. The van der Waals surface area contributed by atoms with E-state index in [0.29, 0.717) is 16.8 Å². The minimum Gasteiger partial charge on any atom is -0.379 e. The summed E-state index contributed by atoms with van der Waals surface area (Å²) in [5.41, 5.74) is 1.35. The Hall–Kier alpha value is -0.340. The van der Waals surface area contributed by atoms with Crippen LogP contribution in [0.2, 0.25) is 0 Å². The Kier molecular flexibility index (Phi) is 6.07. The Morgan fingerprint density at radius 2 is 1.75 bits per heavy atom. The predicted molar refractivity (Wildman–Crippen MR) is 73.0 cm³/mol. The average Bonchev–Trinajstić information content (AvgIpc) is 2.28. The van der Waals surface area contributed by atoms with Gasteiger partial charge in [0, 0.05) is 11.4 Å². The molecule has 2 atom stereocenters. The number of ether oxygens (including phenoxy) is 1. The largest absolute Gasteiger partial charge is 0.379 e. The van der Waals surface area contributed by atoms with E-state index in [-0.39, 0.29) is 0 Å². The summed E-state index contributed by atoms with van der Waals surface area (Å²) < 4.78 is 5.58. The van der Waals surface area contributed by atoms with Crippen LogP contribution in [0.4, 0.5) is 0 Å². The lowest BCUT2D eigenvalue weighted by atomic mass is 9.98. The van der Waals surface area contributed by atoms with Crippen LogP contribution in [0.3, 0.4) is 0 Å². The average molecular weight is 285 g/mol. The van der Waals surface area contributed by atoms with E-state index in [1.165, 1.54) is 5.56 Å². The van der Waals surface area contributed by atoms with Gasteiger partial charge in [-0.3, -0.25) is 0 Å². The van der Waals surface area contributed by atoms with E-state index in [1.54, 1.807) is 0 Å². The molecule has 0 saturated carbocycles. The first-order valence-electron chi connectivity index (χ1n) is 5.92. The van der Waals surface area contributed by atoms with Gasteiger partial charge < -0.3 is 4.74 Å². The highest BCUT2D eigenvalue weighted by Gasteiger charge is 2.15. The van der Waals surface area contributed by atoms with Gasteiger partial charge in [-0.1, -0.05) is 53.2 Å². The van der Waals surface area contributed by atoms with Crippen molar-refractivity contribution in [2.24, 2.45) is 5.92 Å². The minimum atomic E-state index is 0.331. The van der Waals surface area contributed by atoms with Crippen molar-refractivity contribution in [2.45, 2.75) is 38.1 Å². The summed E-state index contributed by atoms with van der Waals surface area (Å²) in [7, 11) is 0. The van der Waals surface area contributed by atoms with E-state index in [0.717, 1.165) is 13.0 Å². The fourth-order valence-corrected chi connectivity index (χ4v) is 2.17. The van der Waals surface area contributed by atoms with Crippen molar-refractivity contribution in [2.75, 3.05) is 6.61 Å². The van der Waals surface area contributed by atoms with Crippen LogP contribution in [0, 0.1) is 5.92 Å². The Morgan fingerprint density at radius 1 is 1.12 bits per heavy atom. The molecule has 2 unspecified atom stereocenters. The molecule has 1 aromatic carbocycles. The first-order valence-corrected chi connectivity index (χ1v) is 6.83. The molecular weight excluding hydrogens is 264 g/mol. The van der Waals surface area contributed by atoms with Crippen LogP contribution < -0.4 is 0 Å². The standard InChI is InChI=1S/C14H21BrO/c1-11(2)16-10-9-12(3)14(15)13-7-5-4-6-8-13/h4-8,11-12,14H,9-10H2,1-3H3. The van der Waals surface area contributed by atoms with E-state index in [9.17, 15) is 0 Å². The fourth-order valence-electron chi connectivity index (χ4n) is 1.60. The van der Waals surface area contributed by atoms with Crippen LogP contribution in [0.5, 0.6) is 0 Å². The Bertz CT molecular complexity index is 284. The summed E-state index contributed by atoms with van der Waals surface area (Å²) >= 11 is 3.76. The van der Waals surface area contributed by atoms with Gasteiger partial charge in [0.2, 0.25) is 0 Å². The van der Waals surface area contributed by atoms with Gasteiger partial charge in [0.05, 0.1) is 6.10 Å². The lowest BCUT2D eigenvalue weighted by Gasteiger charge is -2.19. The molecule has 90 valence electrons. The van der Waals surface area contributed by atoms with Crippen LogP contribution in [0.25, 0.3) is 0 Å². The molecular formula is C14H21BrO. The first kappa shape index (κ1) is 13.7. The monoisotopic (exact) mass is 284 g/mol. The summed E-state index contributed by atoms with van der Waals surface area (Å²) in [6.07, 6.45) is 1.42. The highest BCUT2D eigenvalue weighted by atomic mass is 79.9. The number of rotatable bonds is 6. The smallest absolute Gasteiger partial charge is 0.0518 e. The van der Waals surface area contributed by atoms with Crippen molar-refractivity contribution in [3.63, 3.8) is 0 Å². The lowest BCUT2D eigenvalue weighted by molar-refractivity contribution is 0.0697. The van der Waals surface area contributed by atoms with Crippen LogP contribution in [-0.4, -0.2) is 12.7 Å². The van der Waals surface area contributed by atoms with Crippen molar-refractivity contribution in [3.05, 3.63) is 35.9 Å². The lowest BCUT2D eigenvalue weighted by Crippen LogP contribution is -2.10. The predicted octanol–water partition coefficient (Wildman–Crippen LogP) is 4.57. The molecule has 0 spiro atoms. The molecule has 1 nitrogen and oxygen atoms in total. The summed E-state index contributed by atoms with van der Waals surface area (Å²) in [5.74, 6) is 0.584. The van der Waals surface area contributed by atoms with E-state index >= 15 is 0 Å². The SMILES string of the molecule is CC(C)OCCC(C)C(Br)c1ccccc1. The fraction of sp³-hybridized carbons (Fsp3) is 0.571. The van der Waals surface area contributed by atoms with Gasteiger partial charge >= 0.3 is 0 Å². The zero-order chi connectivity index (χ0) is 12.0. The molecule has 1 aromatic rings. The van der Waals surface area contributed by atoms with Gasteiger partial charge in [0.1, 0.15) is 0 Å². The Balaban J connectivity index is 2.39. The molecule has 0 bridgehead atoms. The van der Waals surface area contributed by atoms with E-state index in [2.05, 4.69) is 67.0 Å². The molecule has 1 rings (SSSR count). The normalized spacial score (nSPS) is 15.1. The van der Waals surface area contributed by atoms with Gasteiger partial charge in [0.15, 0.2) is 0 Å². The van der Waals surface area contributed by atoms with Gasteiger partial charge in [-0.05, 0) is 31.7 Å². The molecule has 0 heterocycles. The molecule has 0 aliphatic heterocycles. The summed E-state index contributed by atoms with van der Waals surface area (Å²) in [6, 6.07) is 10.6. The Morgan fingerprint density at radius 3 is 2.31 bits per heavy atom. The zero-order valence-electron chi connectivity index (χ0n) is 10.3. The number of hydrogen-bond acceptors (Lipinski definition) is 1. The third kappa shape index (κ3) is 4.67. The van der Waals surface area contributed by atoms with Crippen molar-refractivity contribution >= 4 is 15.9 Å². The molecule has 0 aliphatic carbocycles. The highest BCUT2D eigenvalue weighted by molar-refractivity contribution is 9.09. The van der Waals surface area contributed by atoms with Crippen LogP contribution >= 0.6 is 15.9 Å². The van der Waals surface area contributed by atoms with Gasteiger partial charge in [-0.15, -0.1) is 0 Å². The maximum atomic E-state index is 5.58. The summed E-state index contributed by atoms with van der Waals surface area (Å²) in [4.78, 5) is 0.421. The van der Waals surface area contributed by atoms with Gasteiger partial charge in [0.25, 0.3) is 0 Å². The third-order valence-corrected chi connectivity index (χ3v) is 4.07. The second-order valence-corrected chi connectivity index (χ2v) is 5.48. The van der Waals surface area contributed by atoms with E-state index < -0.39 is 0 Å². The molecule has 0 aliphatic rings. The molecule has 0 saturated heterocycles. The van der Waals surface area contributed by atoms with Crippen molar-refractivity contribution in [3.8, 4) is 0 Å². The molecule has 0 fully saturated rings. The van der Waals surface area contributed by atoms with Crippen molar-refractivity contribution < 1.29 is 4.74 Å². The van der Waals surface area contributed by atoms with E-state index in [4.69, 9.17) is 4.74 Å². The van der Waals surface area contributed by atoms with Crippen LogP contribution in [0.1, 0.15) is 37.6 Å². The molecule has 0 N–H and O–H groups in total. The molecule has 0 amide bonds. The van der Waals surface area contributed by atoms with Gasteiger partial charge in [-0.2, -0.15) is 0 Å². The third-order valence-electron chi connectivity index (χ3n) is 2.64. The van der Waals surface area contributed by atoms with Crippen LogP contribution in [-0.2, 0) is 4.74 Å². The topological polar surface area (TPSA) is 9.23 Å². The number of halogens is 1. The summed E-state index contributed by atoms with van der Waals surface area (Å²) in [5, 5.41) is 0. The van der Waals surface area contributed by atoms with Crippen molar-refractivity contribution in [1.29, 1.82) is 0 Å². The molecule has 0 radical (unpaired) electrons. The molecule has 16 heavy (non-hydrogen) atoms. The highest BCUT2D eigenvalue weighted by Crippen LogP contribution is 2.32. The quantitative estimate of drug-likeness (QED) is 0.695. The Labute approximate surface area is 107 Å². The van der Waals surface area contributed by atoms with E-state index in [1.807, 2.05) is 0 Å². The second kappa shape index (κ2) is 7.08. The number of alkyl halides is 1. The summed E-state index contributed by atoms with van der Waals surface area (Å²) in [6.45, 7) is 7.25. The van der Waals surface area contributed by atoms with Crippen LogP contribution in [0.15, 0.2) is 30.3 Å². The minimum absolute atomic E-state index is 0.331. The zero-order valence-corrected chi connectivity index (χ0v) is 11.9. The number of hydrogen-bond donors (Lipinski definition) is 0. The van der Waals surface area contributed by atoms with Crippen molar-refractivity contribution in [1.82, 2.24) is 0 Å². The second-order valence-electron chi connectivity index (χ2n) is 4.50. The van der Waals surface area contributed by atoms with Gasteiger partial charge in [-0.25, -0.2) is 0 Å². The maximum Gasteiger partial charge on any atom is 0.0518 e. The molecule has 0 aromatic heterocycles. The maximum absolute atomic E-state index is 5.58.